The SMILES string of the molecule is CCCC(C(=O)NCCc1ccccc1OC)c1ccccc1. The number of methoxy groups -OCH3 is 1. The quantitative estimate of drug-likeness (QED) is 0.802. The number of hydrogen-bond donors (Lipinski definition) is 1. The lowest BCUT2D eigenvalue weighted by atomic mass is 9.93. The summed E-state index contributed by atoms with van der Waals surface area (Å²) in [6, 6.07) is 17.9. The van der Waals surface area contributed by atoms with Crippen LogP contribution in [0.1, 0.15) is 36.8 Å². The number of carbonyl (C=O) groups is 1. The fraction of sp³-hybridized carbons (Fsp3) is 0.350. The van der Waals surface area contributed by atoms with E-state index in [1.54, 1.807) is 7.11 Å². The highest BCUT2D eigenvalue weighted by atomic mass is 16.5. The van der Waals surface area contributed by atoms with Crippen LogP contribution in [-0.2, 0) is 11.2 Å². The molecule has 2 aromatic carbocycles. The maximum atomic E-state index is 12.5. The van der Waals surface area contributed by atoms with E-state index in [0.29, 0.717) is 6.54 Å². The Balaban J connectivity index is 1.94. The second-order valence-electron chi connectivity index (χ2n) is 5.60. The zero-order chi connectivity index (χ0) is 16.5. The van der Waals surface area contributed by atoms with E-state index in [1.165, 1.54) is 0 Å². The highest BCUT2D eigenvalue weighted by Crippen LogP contribution is 2.21. The van der Waals surface area contributed by atoms with Crippen LogP contribution in [0.25, 0.3) is 0 Å². The average molecular weight is 311 g/mol. The summed E-state index contributed by atoms with van der Waals surface area (Å²) in [6.07, 6.45) is 2.62. The van der Waals surface area contributed by atoms with E-state index in [-0.39, 0.29) is 11.8 Å². The highest BCUT2D eigenvalue weighted by molar-refractivity contribution is 5.83. The van der Waals surface area contributed by atoms with Crippen molar-refractivity contribution in [2.24, 2.45) is 0 Å². The molecule has 3 nitrogen and oxygen atoms in total. The predicted molar refractivity (Wildman–Crippen MR) is 93.8 cm³/mol. The van der Waals surface area contributed by atoms with Gasteiger partial charge in [0.15, 0.2) is 0 Å². The second kappa shape index (κ2) is 8.99. The largest absolute Gasteiger partial charge is 0.496 e. The Labute approximate surface area is 138 Å². The van der Waals surface area contributed by atoms with Crippen LogP contribution in [0.2, 0.25) is 0 Å². The summed E-state index contributed by atoms with van der Waals surface area (Å²) in [5, 5.41) is 3.07. The van der Waals surface area contributed by atoms with E-state index in [9.17, 15) is 4.79 Å². The van der Waals surface area contributed by atoms with Gasteiger partial charge in [0, 0.05) is 6.54 Å². The third-order valence-corrected chi connectivity index (χ3v) is 3.98. The zero-order valence-corrected chi connectivity index (χ0v) is 13.9. The normalized spacial score (nSPS) is 11.7. The first kappa shape index (κ1) is 17.1. The third kappa shape index (κ3) is 4.85. The number of amides is 1. The second-order valence-corrected chi connectivity index (χ2v) is 5.60. The molecule has 3 heteroatoms. The van der Waals surface area contributed by atoms with Crippen LogP contribution < -0.4 is 10.1 Å². The molecule has 0 spiro atoms. The van der Waals surface area contributed by atoms with Gasteiger partial charge in [0.2, 0.25) is 5.91 Å². The Morgan fingerprint density at radius 2 is 1.78 bits per heavy atom. The van der Waals surface area contributed by atoms with E-state index in [4.69, 9.17) is 4.74 Å². The van der Waals surface area contributed by atoms with Gasteiger partial charge in [-0.05, 0) is 30.0 Å². The molecule has 0 aliphatic heterocycles. The highest BCUT2D eigenvalue weighted by Gasteiger charge is 2.19. The molecule has 0 saturated heterocycles. The van der Waals surface area contributed by atoms with E-state index in [1.807, 2.05) is 54.6 Å². The van der Waals surface area contributed by atoms with Crippen molar-refractivity contribution in [3.8, 4) is 5.75 Å². The molecule has 1 atom stereocenters. The lowest BCUT2D eigenvalue weighted by molar-refractivity contribution is -0.122. The van der Waals surface area contributed by atoms with Crippen molar-refractivity contribution >= 4 is 5.91 Å². The van der Waals surface area contributed by atoms with Gasteiger partial charge in [-0.3, -0.25) is 4.79 Å². The average Bonchev–Trinajstić information content (AvgIpc) is 2.60. The van der Waals surface area contributed by atoms with Crippen LogP contribution >= 0.6 is 0 Å². The number of para-hydroxylation sites is 1. The first-order valence-electron chi connectivity index (χ1n) is 8.20. The first-order chi connectivity index (χ1) is 11.3. The molecular formula is C20H25NO2. The summed E-state index contributed by atoms with van der Waals surface area (Å²) >= 11 is 0. The molecule has 0 aromatic heterocycles. The van der Waals surface area contributed by atoms with E-state index in [0.717, 1.165) is 36.1 Å². The fourth-order valence-corrected chi connectivity index (χ4v) is 2.78. The van der Waals surface area contributed by atoms with Gasteiger partial charge in [-0.1, -0.05) is 61.9 Å². The fourth-order valence-electron chi connectivity index (χ4n) is 2.78. The molecule has 23 heavy (non-hydrogen) atoms. The molecule has 122 valence electrons. The molecule has 0 aliphatic rings. The van der Waals surface area contributed by atoms with Gasteiger partial charge in [-0.2, -0.15) is 0 Å². The minimum Gasteiger partial charge on any atom is -0.496 e. The molecule has 0 saturated carbocycles. The number of ether oxygens (including phenoxy) is 1. The topological polar surface area (TPSA) is 38.3 Å². The van der Waals surface area contributed by atoms with Crippen LogP contribution in [-0.4, -0.2) is 19.6 Å². The zero-order valence-electron chi connectivity index (χ0n) is 13.9. The van der Waals surface area contributed by atoms with Gasteiger partial charge in [0.25, 0.3) is 0 Å². The maximum Gasteiger partial charge on any atom is 0.227 e. The number of carbonyl (C=O) groups excluding carboxylic acids is 1. The summed E-state index contributed by atoms with van der Waals surface area (Å²) in [5.41, 5.74) is 2.20. The van der Waals surface area contributed by atoms with Gasteiger partial charge < -0.3 is 10.1 Å². The Kier molecular flexibility index (Phi) is 6.67. The Morgan fingerprint density at radius 1 is 1.09 bits per heavy atom. The molecule has 2 rings (SSSR count). The molecule has 0 heterocycles. The van der Waals surface area contributed by atoms with Crippen molar-refractivity contribution < 1.29 is 9.53 Å². The molecule has 2 aromatic rings. The number of nitrogens with one attached hydrogen (secondary N) is 1. The molecule has 1 N–H and O–H groups in total. The first-order valence-corrected chi connectivity index (χ1v) is 8.20. The number of hydrogen-bond acceptors (Lipinski definition) is 2. The van der Waals surface area contributed by atoms with Gasteiger partial charge in [0.05, 0.1) is 13.0 Å². The summed E-state index contributed by atoms with van der Waals surface area (Å²) in [5.74, 6) is 0.904. The molecule has 0 aliphatic carbocycles. The van der Waals surface area contributed by atoms with Crippen LogP contribution in [0.15, 0.2) is 54.6 Å². The van der Waals surface area contributed by atoms with Crippen molar-refractivity contribution in [1.29, 1.82) is 0 Å². The van der Waals surface area contributed by atoms with Gasteiger partial charge in [0.1, 0.15) is 5.75 Å². The summed E-state index contributed by atoms with van der Waals surface area (Å²) in [4.78, 5) is 12.5. The third-order valence-electron chi connectivity index (χ3n) is 3.98. The van der Waals surface area contributed by atoms with E-state index in [2.05, 4.69) is 12.2 Å². The van der Waals surface area contributed by atoms with Crippen LogP contribution in [0.3, 0.4) is 0 Å². The summed E-state index contributed by atoms with van der Waals surface area (Å²) in [6.45, 7) is 2.73. The summed E-state index contributed by atoms with van der Waals surface area (Å²) in [7, 11) is 1.67. The van der Waals surface area contributed by atoms with Crippen molar-refractivity contribution in [1.82, 2.24) is 5.32 Å². The van der Waals surface area contributed by atoms with Gasteiger partial charge in [-0.25, -0.2) is 0 Å². The van der Waals surface area contributed by atoms with Gasteiger partial charge in [-0.15, -0.1) is 0 Å². The monoisotopic (exact) mass is 311 g/mol. The minimum atomic E-state index is -0.0705. The molecule has 1 amide bonds. The van der Waals surface area contributed by atoms with Crippen LogP contribution in [0, 0.1) is 0 Å². The minimum absolute atomic E-state index is 0.0705. The Bertz CT molecular complexity index is 610. The lowest BCUT2D eigenvalue weighted by Crippen LogP contribution is -2.31. The maximum absolute atomic E-state index is 12.5. The molecule has 0 radical (unpaired) electrons. The lowest BCUT2D eigenvalue weighted by Gasteiger charge is -2.17. The van der Waals surface area contributed by atoms with Crippen molar-refractivity contribution in [3.63, 3.8) is 0 Å². The Morgan fingerprint density at radius 3 is 2.48 bits per heavy atom. The van der Waals surface area contributed by atoms with Gasteiger partial charge >= 0.3 is 0 Å². The van der Waals surface area contributed by atoms with Crippen molar-refractivity contribution in [3.05, 3.63) is 65.7 Å². The molecule has 0 bridgehead atoms. The standard InChI is InChI=1S/C20H25NO2/c1-3-9-18(16-10-5-4-6-11-16)20(22)21-15-14-17-12-7-8-13-19(17)23-2/h4-8,10-13,18H,3,9,14-15H2,1-2H3,(H,21,22). The predicted octanol–water partition coefficient (Wildman–Crippen LogP) is 3.94. The number of benzene rings is 2. The van der Waals surface area contributed by atoms with Crippen molar-refractivity contribution in [2.75, 3.05) is 13.7 Å². The molecule has 1 unspecified atom stereocenters. The van der Waals surface area contributed by atoms with E-state index >= 15 is 0 Å². The molecule has 0 fully saturated rings. The van der Waals surface area contributed by atoms with Crippen LogP contribution in [0.5, 0.6) is 5.75 Å². The van der Waals surface area contributed by atoms with E-state index < -0.39 is 0 Å². The number of rotatable bonds is 8. The van der Waals surface area contributed by atoms with Crippen LogP contribution in [0.4, 0.5) is 0 Å². The summed E-state index contributed by atoms with van der Waals surface area (Å²) < 4.78 is 5.35. The smallest absolute Gasteiger partial charge is 0.227 e. The van der Waals surface area contributed by atoms with Crippen molar-refractivity contribution in [2.45, 2.75) is 32.1 Å². The molecular weight excluding hydrogens is 286 g/mol. The Hall–Kier alpha value is -2.29.